The van der Waals surface area contributed by atoms with Crippen molar-refractivity contribution in [3.05, 3.63) is 53.6 Å². The number of aliphatic hydroxyl groups is 2. The van der Waals surface area contributed by atoms with Crippen LogP contribution < -0.4 is 15.4 Å². The van der Waals surface area contributed by atoms with Crippen LogP contribution in [0.4, 0.5) is 0 Å². The molecule has 8 atom stereocenters. The molecule has 1 saturated heterocycles. The molecule has 3 saturated carbocycles. The van der Waals surface area contributed by atoms with Crippen LogP contribution in [0.15, 0.2) is 42.5 Å². The Morgan fingerprint density at radius 1 is 1.17 bits per heavy atom. The Kier molecular flexibility index (Phi) is 10.4. The average Bonchev–Trinajstić information content (AvgIpc) is 3.40. The number of hydrogen-bond donors (Lipinski definition) is 4. The number of benzene rings is 2. The average molecular weight is 637 g/mol. The van der Waals surface area contributed by atoms with Crippen LogP contribution in [-0.4, -0.2) is 97.2 Å². The molecule has 4 aliphatic rings. The number of hydrogen-bond acceptors (Lipinski definition) is 8. The maximum Gasteiger partial charge on any atom is 0.251 e. The summed E-state index contributed by atoms with van der Waals surface area (Å²) in [5, 5.41) is 28.9. The van der Waals surface area contributed by atoms with Gasteiger partial charge in [-0.1, -0.05) is 51.1 Å². The third-order valence-electron chi connectivity index (χ3n) is 11.0. The molecule has 3 aliphatic carbocycles. The summed E-state index contributed by atoms with van der Waals surface area (Å²) in [6.07, 6.45) is 0.537. The number of para-hydroxylation sites is 1. The minimum Gasteiger partial charge on any atom is -0.496 e. The quantitative estimate of drug-likeness (QED) is 0.280. The molecule has 2 aromatic carbocycles. The molecule has 0 radical (unpaired) electrons. The first-order valence-corrected chi connectivity index (χ1v) is 16.6. The van der Waals surface area contributed by atoms with Gasteiger partial charge >= 0.3 is 0 Å². The van der Waals surface area contributed by atoms with E-state index in [1.54, 1.807) is 25.2 Å². The predicted molar refractivity (Wildman–Crippen MR) is 177 cm³/mol. The van der Waals surface area contributed by atoms with Crippen LogP contribution in [0.3, 0.4) is 0 Å². The molecule has 10 heteroatoms. The summed E-state index contributed by atoms with van der Waals surface area (Å²) in [6.45, 7) is 9.70. The van der Waals surface area contributed by atoms with Gasteiger partial charge in [0.05, 0.1) is 26.4 Å². The first-order valence-electron chi connectivity index (χ1n) is 16.6. The number of carbonyl (C=O) groups excluding carboxylic acids is 2. The van der Waals surface area contributed by atoms with Crippen LogP contribution in [0, 0.1) is 29.1 Å². The number of carbonyl (C=O) groups is 2. The van der Waals surface area contributed by atoms with Crippen molar-refractivity contribution in [2.24, 2.45) is 29.1 Å². The van der Waals surface area contributed by atoms with E-state index in [-0.39, 0.29) is 31.0 Å². The fourth-order valence-corrected chi connectivity index (χ4v) is 8.15. The van der Waals surface area contributed by atoms with Crippen LogP contribution in [-0.2, 0) is 16.2 Å². The fourth-order valence-electron chi connectivity index (χ4n) is 8.15. The highest BCUT2D eigenvalue weighted by Crippen LogP contribution is 2.61. The molecule has 2 bridgehead atoms. The van der Waals surface area contributed by atoms with Gasteiger partial charge in [-0.25, -0.2) is 0 Å². The summed E-state index contributed by atoms with van der Waals surface area (Å²) in [5.41, 5.74) is 3.23. The Bertz CT molecular complexity index is 1400. The summed E-state index contributed by atoms with van der Waals surface area (Å²) in [7, 11) is 5.52. The first-order chi connectivity index (χ1) is 21.9. The molecule has 0 spiro atoms. The zero-order valence-electron chi connectivity index (χ0n) is 28.3. The molecule has 252 valence electrons. The van der Waals surface area contributed by atoms with Gasteiger partial charge in [-0.2, -0.15) is 5.06 Å². The molecule has 2 aromatic rings. The number of rotatable bonds is 12. The lowest BCUT2D eigenvalue weighted by atomic mass is 9.45. The highest BCUT2D eigenvalue weighted by molar-refractivity contribution is 5.95. The number of nitrogens with one attached hydrogen (secondary N) is 2. The van der Waals surface area contributed by atoms with Gasteiger partial charge in [0.1, 0.15) is 17.9 Å². The van der Waals surface area contributed by atoms with E-state index in [1.165, 1.54) is 6.42 Å². The number of likely N-dealkylation sites (N-methyl/N-ethyl adjacent to an activating group) is 1. The Morgan fingerprint density at radius 2 is 1.91 bits per heavy atom. The number of nitrogens with zero attached hydrogens (tertiary/aromatic N) is 2. The van der Waals surface area contributed by atoms with Crippen molar-refractivity contribution >= 4 is 11.8 Å². The van der Waals surface area contributed by atoms with E-state index < -0.39 is 24.2 Å². The second-order valence-electron chi connectivity index (χ2n) is 14.4. The Morgan fingerprint density at radius 3 is 2.54 bits per heavy atom. The lowest BCUT2D eigenvalue weighted by Gasteiger charge is -2.62. The van der Waals surface area contributed by atoms with Crippen molar-refractivity contribution in [2.45, 2.75) is 71.4 Å². The van der Waals surface area contributed by atoms with E-state index in [4.69, 9.17) is 9.57 Å². The van der Waals surface area contributed by atoms with Crippen LogP contribution in [0.1, 0.15) is 56.5 Å². The van der Waals surface area contributed by atoms with Gasteiger partial charge in [-0.15, -0.1) is 0 Å². The number of amides is 2. The van der Waals surface area contributed by atoms with E-state index in [0.29, 0.717) is 41.0 Å². The van der Waals surface area contributed by atoms with Crippen molar-refractivity contribution in [2.75, 3.05) is 40.9 Å². The topological polar surface area (TPSA) is 124 Å². The monoisotopic (exact) mass is 636 g/mol. The number of aliphatic hydroxyl groups excluding tert-OH is 2. The van der Waals surface area contributed by atoms with Crippen LogP contribution in [0.25, 0.3) is 11.1 Å². The minimum atomic E-state index is -0.881. The predicted octanol–water partition coefficient (Wildman–Crippen LogP) is 3.31. The normalized spacial score (nSPS) is 29.2. The van der Waals surface area contributed by atoms with Gasteiger partial charge < -0.3 is 30.5 Å². The third-order valence-corrected chi connectivity index (χ3v) is 11.0. The fraction of sp³-hybridized carbons (Fsp3) is 0.611. The molecule has 4 N–H and O–H groups in total. The Hall–Kier alpha value is -3.02. The number of methoxy groups -OCH3 is 1. The highest BCUT2D eigenvalue weighted by Gasteiger charge is 2.57. The van der Waals surface area contributed by atoms with Crippen molar-refractivity contribution in [1.29, 1.82) is 0 Å². The van der Waals surface area contributed by atoms with Gasteiger partial charge in [0.15, 0.2) is 0 Å². The highest BCUT2D eigenvalue weighted by atomic mass is 16.7. The molecule has 1 aliphatic heterocycles. The van der Waals surface area contributed by atoms with Crippen molar-refractivity contribution in [3.8, 4) is 16.9 Å². The number of fused-ring (bicyclic) bond motifs is 2. The molecule has 46 heavy (non-hydrogen) atoms. The van der Waals surface area contributed by atoms with Crippen molar-refractivity contribution in [1.82, 2.24) is 20.6 Å². The lowest BCUT2D eigenvalue weighted by molar-refractivity contribution is -0.183. The van der Waals surface area contributed by atoms with E-state index in [9.17, 15) is 19.8 Å². The van der Waals surface area contributed by atoms with Crippen molar-refractivity contribution < 1.29 is 29.4 Å². The summed E-state index contributed by atoms with van der Waals surface area (Å²) in [4.78, 5) is 35.1. The lowest BCUT2D eigenvalue weighted by Crippen LogP contribution is -2.62. The molecule has 10 nitrogen and oxygen atoms in total. The molecular weight excluding hydrogens is 584 g/mol. The van der Waals surface area contributed by atoms with Crippen LogP contribution in [0.2, 0.25) is 0 Å². The maximum absolute atomic E-state index is 14.1. The summed E-state index contributed by atoms with van der Waals surface area (Å²) < 4.78 is 5.94. The summed E-state index contributed by atoms with van der Waals surface area (Å²) in [6, 6.07) is 12.4. The maximum atomic E-state index is 14.1. The molecule has 2 amide bonds. The zero-order valence-corrected chi connectivity index (χ0v) is 28.3. The SMILES string of the molecule is COc1c(CN2O[C@@H](CO)[C@@H]([C@H](C)O)[C@H]2C(=O)N[C@H]2C[C@@H]3C[C@H]([C@@H]2C)C3(C)C)cccc1-c1cccc(C(=O)NCCN(C)C)c1. The first kappa shape index (κ1) is 34.3. The number of ether oxygens (including phenoxy) is 1. The molecule has 1 heterocycles. The van der Waals surface area contributed by atoms with E-state index in [0.717, 1.165) is 29.7 Å². The summed E-state index contributed by atoms with van der Waals surface area (Å²) in [5.74, 6) is 1.14. The van der Waals surface area contributed by atoms with E-state index >= 15 is 0 Å². The second kappa shape index (κ2) is 14.0. The largest absolute Gasteiger partial charge is 0.496 e. The van der Waals surface area contributed by atoms with E-state index in [1.807, 2.05) is 55.4 Å². The van der Waals surface area contributed by atoms with E-state index in [2.05, 4.69) is 31.4 Å². The molecule has 4 fully saturated rings. The smallest absolute Gasteiger partial charge is 0.251 e. The van der Waals surface area contributed by atoms with Crippen molar-refractivity contribution in [3.63, 3.8) is 0 Å². The van der Waals surface area contributed by atoms with Crippen LogP contribution >= 0.6 is 0 Å². The number of hydroxylamine groups is 2. The standard InChI is InChI=1S/C36H52N4O6/c1-21-28-17-26(36(28,3)4)18-29(21)38-35(44)32-31(22(2)42)30(20-41)46-40(32)19-25-12-9-13-27(33(25)45-7)23-10-8-11-24(16-23)34(43)37-14-15-39(5)6/h8-13,16,21-22,26,28-32,41-42H,14-15,17-20H2,1-7H3,(H,37,43)(H,38,44)/t21-,22-,26-,28+,29-,30-,31+,32-/m0/s1. The van der Waals surface area contributed by atoms with Gasteiger partial charge in [-0.05, 0) is 74.7 Å². The molecule has 0 aromatic heterocycles. The Labute approximate surface area is 273 Å². The second-order valence-corrected chi connectivity index (χ2v) is 14.4. The van der Waals surface area contributed by atoms with Gasteiger partial charge in [0, 0.05) is 41.7 Å². The van der Waals surface area contributed by atoms with Crippen LogP contribution in [0.5, 0.6) is 5.75 Å². The molecule has 0 unspecified atom stereocenters. The Balaban J connectivity index is 1.39. The van der Waals surface area contributed by atoms with Gasteiger partial charge in [-0.3, -0.25) is 14.4 Å². The third kappa shape index (κ3) is 6.69. The van der Waals surface area contributed by atoms with Gasteiger partial charge in [0.25, 0.3) is 5.91 Å². The zero-order chi connectivity index (χ0) is 33.3. The molecular formula is C36H52N4O6. The summed E-state index contributed by atoms with van der Waals surface area (Å²) >= 11 is 0. The minimum absolute atomic E-state index is 0.0548. The van der Waals surface area contributed by atoms with Gasteiger partial charge in [0.2, 0.25) is 5.91 Å². The molecule has 6 rings (SSSR count).